The summed E-state index contributed by atoms with van der Waals surface area (Å²) in [5.41, 5.74) is 0. The third kappa shape index (κ3) is 1.48. The lowest BCUT2D eigenvalue weighted by molar-refractivity contribution is -0.0893. The number of fused-ring (bicyclic) bond motifs is 2. The molecule has 17 heavy (non-hydrogen) atoms. The second-order valence-corrected chi connectivity index (χ2v) is 6.53. The highest BCUT2D eigenvalue weighted by atomic mass is 32.2. The molecule has 2 aliphatic heterocycles. The summed E-state index contributed by atoms with van der Waals surface area (Å²) >= 11 is 0. The van der Waals surface area contributed by atoms with Crippen LogP contribution in [-0.4, -0.2) is 37.3 Å². The van der Waals surface area contributed by atoms with Crippen LogP contribution in [0.3, 0.4) is 0 Å². The lowest BCUT2D eigenvalue weighted by Gasteiger charge is -2.30. The van der Waals surface area contributed by atoms with Crippen LogP contribution in [0.2, 0.25) is 0 Å². The molecule has 0 spiro atoms. The van der Waals surface area contributed by atoms with E-state index in [0.717, 1.165) is 12.2 Å². The number of rotatable bonds is 4. The van der Waals surface area contributed by atoms with E-state index in [2.05, 4.69) is 4.74 Å². The number of sulfone groups is 1. The van der Waals surface area contributed by atoms with Crippen LogP contribution in [0.15, 0.2) is 12.2 Å². The molecule has 1 saturated heterocycles. The van der Waals surface area contributed by atoms with E-state index in [1.807, 2.05) is 0 Å². The van der Waals surface area contributed by atoms with Gasteiger partial charge in [0, 0.05) is 0 Å². The molecule has 0 saturated carbocycles. The molecule has 0 aromatic carbocycles. The SMILES string of the molecule is CCCCS(=O)(=O)C1(F)C2C=CC(O2)C1(F)F. The molecule has 7 heteroatoms. The molecule has 2 bridgehead atoms. The summed E-state index contributed by atoms with van der Waals surface area (Å²) in [5, 5.41) is -3.62. The molecule has 0 aromatic heterocycles. The monoisotopic (exact) mass is 270 g/mol. The van der Waals surface area contributed by atoms with Crippen LogP contribution in [0, 0.1) is 0 Å². The molecular formula is C10H13F3O3S. The van der Waals surface area contributed by atoms with E-state index in [1.54, 1.807) is 6.92 Å². The van der Waals surface area contributed by atoms with Gasteiger partial charge in [-0.25, -0.2) is 12.8 Å². The van der Waals surface area contributed by atoms with Crippen molar-refractivity contribution in [1.29, 1.82) is 0 Å². The molecule has 0 N–H and O–H groups in total. The third-order valence-corrected chi connectivity index (χ3v) is 5.39. The van der Waals surface area contributed by atoms with Crippen LogP contribution in [0.25, 0.3) is 0 Å². The molecule has 0 amide bonds. The van der Waals surface area contributed by atoms with E-state index in [1.165, 1.54) is 0 Å². The molecule has 0 aliphatic carbocycles. The smallest absolute Gasteiger partial charge is 0.327 e. The second-order valence-electron chi connectivity index (χ2n) is 4.30. The summed E-state index contributed by atoms with van der Waals surface area (Å²) in [4.78, 5) is 0. The highest BCUT2D eigenvalue weighted by molar-refractivity contribution is 7.92. The van der Waals surface area contributed by atoms with Gasteiger partial charge >= 0.3 is 10.9 Å². The average Bonchev–Trinajstić information content (AvgIpc) is 2.79. The van der Waals surface area contributed by atoms with Gasteiger partial charge in [-0.15, -0.1) is 0 Å². The molecule has 3 unspecified atom stereocenters. The lowest BCUT2D eigenvalue weighted by Crippen LogP contribution is -2.57. The Morgan fingerprint density at radius 2 is 1.82 bits per heavy atom. The first kappa shape index (κ1) is 12.9. The van der Waals surface area contributed by atoms with Gasteiger partial charge in [-0.2, -0.15) is 8.78 Å². The minimum atomic E-state index is -4.55. The zero-order valence-corrected chi connectivity index (χ0v) is 10.0. The molecule has 3 nitrogen and oxygen atoms in total. The van der Waals surface area contributed by atoms with Gasteiger partial charge in [-0.1, -0.05) is 25.5 Å². The molecular weight excluding hydrogens is 257 g/mol. The molecule has 0 radical (unpaired) electrons. The zero-order chi connectivity index (χ0) is 12.9. The normalized spacial score (nSPS) is 38.8. The zero-order valence-electron chi connectivity index (χ0n) is 9.20. The first-order chi connectivity index (χ1) is 7.77. The van der Waals surface area contributed by atoms with E-state index in [9.17, 15) is 21.6 Å². The van der Waals surface area contributed by atoms with Gasteiger partial charge < -0.3 is 4.74 Å². The van der Waals surface area contributed by atoms with Crippen LogP contribution in [-0.2, 0) is 14.6 Å². The fourth-order valence-corrected chi connectivity index (χ4v) is 4.10. The Labute approximate surface area is 97.6 Å². The molecule has 2 heterocycles. The van der Waals surface area contributed by atoms with Crippen molar-refractivity contribution in [3.63, 3.8) is 0 Å². The number of alkyl halides is 3. The standard InChI is InChI=1S/C10H13F3O3S/c1-2-3-6-17(14,15)10(13)8-5-4-7(16-8)9(10,11)12/h4-5,7-8H,2-3,6H2,1H3. The minimum Gasteiger partial charge on any atom is -0.356 e. The Morgan fingerprint density at radius 3 is 2.29 bits per heavy atom. The van der Waals surface area contributed by atoms with Gasteiger partial charge in [-0.3, -0.25) is 0 Å². The van der Waals surface area contributed by atoms with E-state index in [4.69, 9.17) is 0 Å². The van der Waals surface area contributed by atoms with Crippen molar-refractivity contribution in [2.24, 2.45) is 0 Å². The highest BCUT2D eigenvalue weighted by Crippen LogP contribution is 2.54. The quantitative estimate of drug-likeness (QED) is 0.732. The highest BCUT2D eigenvalue weighted by Gasteiger charge is 2.77. The van der Waals surface area contributed by atoms with E-state index in [0.29, 0.717) is 6.42 Å². The first-order valence-corrected chi connectivity index (χ1v) is 7.05. The van der Waals surface area contributed by atoms with Gasteiger partial charge in [0.15, 0.2) is 9.84 Å². The fourth-order valence-electron chi connectivity index (χ4n) is 2.12. The van der Waals surface area contributed by atoms with Crippen LogP contribution in [0.1, 0.15) is 19.8 Å². The molecule has 0 aromatic rings. The third-order valence-electron chi connectivity index (χ3n) is 3.15. The van der Waals surface area contributed by atoms with Crippen LogP contribution in [0.4, 0.5) is 13.2 Å². The molecule has 1 fully saturated rings. The van der Waals surface area contributed by atoms with Gasteiger partial charge in [0.1, 0.15) is 12.2 Å². The van der Waals surface area contributed by atoms with Crippen molar-refractivity contribution in [2.75, 3.05) is 5.75 Å². The summed E-state index contributed by atoms with van der Waals surface area (Å²) in [6.07, 6.45) is -0.737. The Balaban J connectivity index is 2.40. The van der Waals surface area contributed by atoms with Crippen molar-refractivity contribution in [3.8, 4) is 0 Å². The maximum atomic E-state index is 14.4. The van der Waals surface area contributed by atoms with Crippen LogP contribution >= 0.6 is 0 Å². The summed E-state index contributed by atoms with van der Waals surface area (Å²) in [6, 6.07) is 0. The predicted molar refractivity (Wildman–Crippen MR) is 55.3 cm³/mol. The van der Waals surface area contributed by atoms with Crippen molar-refractivity contribution < 1.29 is 26.3 Å². The minimum absolute atomic E-state index is 0.158. The van der Waals surface area contributed by atoms with Gasteiger partial charge in [-0.05, 0) is 6.42 Å². The van der Waals surface area contributed by atoms with Crippen LogP contribution < -0.4 is 0 Å². The predicted octanol–water partition coefficient (Wildman–Crippen LogP) is 1.84. The molecule has 2 aliphatic rings. The maximum Gasteiger partial charge on any atom is 0.327 e. The van der Waals surface area contributed by atoms with Crippen molar-refractivity contribution in [2.45, 2.75) is 42.9 Å². The number of hydrogen-bond acceptors (Lipinski definition) is 3. The van der Waals surface area contributed by atoms with E-state index < -0.39 is 38.7 Å². The Bertz CT molecular complexity index is 446. The van der Waals surface area contributed by atoms with Crippen molar-refractivity contribution in [3.05, 3.63) is 12.2 Å². The van der Waals surface area contributed by atoms with Gasteiger partial charge in [0.25, 0.3) is 0 Å². The Hall–Kier alpha value is -0.560. The van der Waals surface area contributed by atoms with Gasteiger partial charge in [0.05, 0.1) is 5.75 Å². The number of ether oxygens (including phenoxy) is 1. The number of unbranched alkanes of at least 4 members (excludes halogenated alkanes) is 1. The van der Waals surface area contributed by atoms with E-state index >= 15 is 0 Å². The average molecular weight is 270 g/mol. The largest absolute Gasteiger partial charge is 0.356 e. The molecule has 98 valence electrons. The van der Waals surface area contributed by atoms with Gasteiger partial charge in [0.2, 0.25) is 0 Å². The summed E-state index contributed by atoms with van der Waals surface area (Å²) in [5.74, 6) is -4.60. The second kappa shape index (κ2) is 3.71. The van der Waals surface area contributed by atoms with Crippen molar-refractivity contribution in [1.82, 2.24) is 0 Å². The van der Waals surface area contributed by atoms with E-state index in [-0.39, 0.29) is 6.42 Å². The number of halogens is 3. The summed E-state index contributed by atoms with van der Waals surface area (Å²) in [7, 11) is -4.55. The molecule has 2 rings (SSSR count). The lowest BCUT2D eigenvalue weighted by atomic mass is 10.0. The molecule has 3 atom stereocenters. The first-order valence-electron chi connectivity index (χ1n) is 5.40. The maximum absolute atomic E-state index is 14.4. The van der Waals surface area contributed by atoms with Crippen LogP contribution in [0.5, 0.6) is 0 Å². The Morgan fingerprint density at radius 1 is 1.24 bits per heavy atom. The Kier molecular flexibility index (Phi) is 2.82. The number of hydrogen-bond donors (Lipinski definition) is 0. The fraction of sp³-hybridized carbons (Fsp3) is 0.800. The topological polar surface area (TPSA) is 43.4 Å². The summed E-state index contributed by atoms with van der Waals surface area (Å²) < 4.78 is 69.9. The van der Waals surface area contributed by atoms with Crippen molar-refractivity contribution >= 4 is 9.84 Å². The summed E-state index contributed by atoms with van der Waals surface area (Å²) in [6.45, 7) is 1.70.